The predicted octanol–water partition coefficient (Wildman–Crippen LogP) is 2.03. The largest absolute Gasteiger partial charge is 0.377 e. The van der Waals surface area contributed by atoms with E-state index in [1.165, 1.54) is 31.2 Å². The first-order valence-corrected chi connectivity index (χ1v) is 11.1. The number of carbonyl (C=O) groups excluding carboxylic acids is 1. The Balaban J connectivity index is 1.23. The van der Waals surface area contributed by atoms with Crippen molar-refractivity contribution in [1.29, 1.82) is 5.41 Å². The minimum atomic E-state index is -0.0979. The van der Waals surface area contributed by atoms with E-state index >= 15 is 0 Å². The van der Waals surface area contributed by atoms with Crippen LogP contribution < -0.4 is 10.2 Å². The highest BCUT2D eigenvalue weighted by Crippen LogP contribution is 2.27. The predicted molar refractivity (Wildman–Crippen MR) is 115 cm³/mol. The average Bonchev–Trinajstić information content (AvgIpc) is 3.39. The smallest absolute Gasteiger partial charge is 0.228 e. The second-order valence-electron chi connectivity index (χ2n) is 8.78. The molecule has 2 N–H and O–H groups in total. The Hall–Kier alpha value is -2.45. The molecule has 8 nitrogen and oxygen atoms in total. The van der Waals surface area contributed by atoms with E-state index in [9.17, 15) is 4.79 Å². The molecule has 0 aliphatic carbocycles. The van der Waals surface area contributed by atoms with Crippen molar-refractivity contribution in [3.05, 3.63) is 30.1 Å². The van der Waals surface area contributed by atoms with Crippen LogP contribution in [0, 0.1) is 11.3 Å². The van der Waals surface area contributed by atoms with Crippen LogP contribution in [0.2, 0.25) is 0 Å². The summed E-state index contributed by atoms with van der Waals surface area (Å²) in [4.78, 5) is 15.9. The second-order valence-corrected chi connectivity index (χ2v) is 8.78. The monoisotopic (exact) mass is 410 g/mol. The van der Waals surface area contributed by atoms with Gasteiger partial charge < -0.3 is 14.5 Å². The number of anilines is 1. The lowest BCUT2D eigenvalue weighted by Gasteiger charge is -2.33. The number of piperidine rings is 1. The van der Waals surface area contributed by atoms with E-state index in [4.69, 9.17) is 10.1 Å². The zero-order valence-corrected chi connectivity index (χ0v) is 17.3. The van der Waals surface area contributed by atoms with E-state index in [2.05, 4.69) is 27.4 Å². The Labute approximate surface area is 176 Å². The van der Waals surface area contributed by atoms with Gasteiger partial charge in [0.25, 0.3) is 0 Å². The highest BCUT2D eigenvalue weighted by Gasteiger charge is 2.26. The van der Waals surface area contributed by atoms with Crippen molar-refractivity contribution in [2.75, 3.05) is 37.7 Å². The molecule has 3 aliphatic heterocycles. The van der Waals surface area contributed by atoms with Crippen molar-refractivity contribution in [3.8, 4) is 0 Å². The summed E-state index contributed by atoms with van der Waals surface area (Å²) in [6.45, 7) is 4.86. The fourth-order valence-electron chi connectivity index (χ4n) is 4.96. The highest BCUT2D eigenvalue weighted by molar-refractivity contribution is 6.08. The molecule has 160 valence electrons. The SMILES string of the molecule is N=C1NC(=O)CCN1c1cnn2ccc(CC3CCN(CC4CCCO4)CC3)cc12. The van der Waals surface area contributed by atoms with E-state index in [1.807, 2.05) is 15.6 Å². The van der Waals surface area contributed by atoms with Crippen molar-refractivity contribution in [3.63, 3.8) is 0 Å². The van der Waals surface area contributed by atoms with Gasteiger partial charge in [-0.15, -0.1) is 0 Å². The van der Waals surface area contributed by atoms with Gasteiger partial charge in [0.05, 0.1) is 23.5 Å². The normalized spacial score (nSPS) is 24.0. The minimum absolute atomic E-state index is 0.0979. The van der Waals surface area contributed by atoms with E-state index < -0.39 is 0 Å². The lowest BCUT2D eigenvalue weighted by atomic mass is 9.90. The quantitative estimate of drug-likeness (QED) is 0.788. The number of rotatable bonds is 5. The number of amides is 1. The third-order valence-electron chi connectivity index (χ3n) is 6.66. The number of carbonyl (C=O) groups is 1. The third kappa shape index (κ3) is 4.06. The number of aromatic nitrogens is 2. The molecule has 5 rings (SSSR count). The zero-order chi connectivity index (χ0) is 20.5. The van der Waals surface area contributed by atoms with Crippen LogP contribution in [0.4, 0.5) is 5.69 Å². The Kier molecular flexibility index (Phi) is 5.43. The summed E-state index contributed by atoms with van der Waals surface area (Å²) in [5.74, 6) is 0.733. The molecule has 1 atom stereocenters. The van der Waals surface area contributed by atoms with Crippen molar-refractivity contribution < 1.29 is 9.53 Å². The molecular formula is C22H30N6O2. The van der Waals surface area contributed by atoms with E-state index in [0.29, 0.717) is 25.0 Å². The Morgan fingerprint density at radius 3 is 2.87 bits per heavy atom. The summed E-state index contributed by atoms with van der Waals surface area (Å²) >= 11 is 0. The van der Waals surface area contributed by atoms with Gasteiger partial charge in [-0.1, -0.05) is 0 Å². The number of guanidine groups is 1. The summed E-state index contributed by atoms with van der Waals surface area (Å²) < 4.78 is 7.65. The molecule has 0 aromatic carbocycles. The molecule has 3 saturated heterocycles. The summed E-state index contributed by atoms with van der Waals surface area (Å²) in [6, 6.07) is 4.36. The van der Waals surface area contributed by atoms with E-state index in [-0.39, 0.29) is 11.9 Å². The zero-order valence-electron chi connectivity index (χ0n) is 17.3. The van der Waals surface area contributed by atoms with Gasteiger partial charge in [-0.05, 0) is 68.8 Å². The topological polar surface area (TPSA) is 86.0 Å². The summed E-state index contributed by atoms with van der Waals surface area (Å²) in [6.07, 6.45) is 10.6. The number of pyridine rings is 1. The summed E-state index contributed by atoms with van der Waals surface area (Å²) in [7, 11) is 0. The molecule has 0 radical (unpaired) electrons. The molecule has 30 heavy (non-hydrogen) atoms. The second kappa shape index (κ2) is 8.35. The fourth-order valence-corrected chi connectivity index (χ4v) is 4.96. The molecule has 0 bridgehead atoms. The van der Waals surface area contributed by atoms with Crippen LogP contribution >= 0.6 is 0 Å². The van der Waals surface area contributed by atoms with Crippen molar-refractivity contribution >= 4 is 23.1 Å². The molecule has 1 unspecified atom stereocenters. The molecule has 1 amide bonds. The molecule has 3 aliphatic rings. The molecule has 2 aromatic rings. The first-order valence-electron chi connectivity index (χ1n) is 11.1. The molecule has 2 aromatic heterocycles. The van der Waals surface area contributed by atoms with Gasteiger partial charge in [-0.2, -0.15) is 5.10 Å². The van der Waals surface area contributed by atoms with E-state index in [1.54, 1.807) is 6.20 Å². The van der Waals surface area contributed by atoms with Crippen LogP contribution in [-0.2, 0) is 16.0 Å². The van der Waals surface area contributed by atoms with Gasteiger partial charge in [0, 0.05) is 32.3 Å². The lowest BCUT2D eigenvalue weighted by Crippen LogP contribution is -2.50. The summed E-state index contributed by atoms with van der Waals surface area (Å²) in [5, 5.41) is 15.2. The Morgan fingerprint density at radius 2 is 2.10 bits per heavy atom. The first-order chi connectivity index (χ1) is 14.7. The number of nitrogens with one attached hydrogen (secondary N) is 2. The standard InChI is InChI=1S/C22H30N6O2/c23-22-25-21(29)6-9-27(22)20-14-24-28-10-5-17(13-19(20)28)12-16-3-7-26(8-4-16)15-18-2-1-11-30-18/h5,10,13-14,16,18H,1-4,6-9,11-12,15H2,(H2,23,25,29). The van der Waals surface area contributed by atoms with Crippen LogP contribution in [-0.4, -0.2) is 65.3 Å². The van der Waals surface area contributed by atoms with Crippen LogP contribution in [0.1, 0.15) is 37.7 Å². The Bertz CT molecular complexity index is 927. The maximum absolute atomic E-state index is 11.5. The maximum Gasteiger partial charge on any atom is 0.228 e. The first kappa shape index (κ1) is 19.5. The van der Waals surface area contributed by atoms with Crippen LogP contribution in [0.3, 0.4) is 0 Å². The van der Waals surface area contributed by atoms with E-state index in [0.717, 1.165) is 43.9 Å². The van der Waals surface area contributed by atoms with Gasteiger partial charge in [0.2, 0.25) is 11.9 Å². The molecule has 0 spiro atoms. The van der Waals surface area contributed by atoms with Gasteiger partial charge in [0.15, 0.2) is 0 Å². The molecule has 3 fully saturated rings. The lowest BCUT2D eigenvalue weighted by molar-refractivity contribution is -0.119. The third-order valence-corrected chi connectivity index (χ3v) is 6.66. The average molecular weight is 411 g/mol. The number of likely N-dealkylation sites (tertiary alicyclic amines) is 1. The highest BCUT2D eigenvalue weighted by atomic mass is 16.5. The van der Waals surface area contributed by atoms with Gasteiger partial charge in [-0.25, -0.2) is 4.52 Å². The van der Waals surface area contributed by atoms with Gasteiger partial charge >= 0.3 is 0 Å². The van der Waals surface area contributed by atoms with Crippen molar-refractivity contribution in [2.24, 2.45) is 5.92 Å². The van der Waals surface area contributed by atoms with Crippen LogP contribution in [0.25, 0.3) is 5.52 Å². The maximum atomic E-state index is 11.5. The number of hydrogen-bond acceptors (Lipinski definition) is 5. The van der Waals surface area contributed by atoms with Crippen molar-refractivity contribution in [1.82, 2.24) is 19.8 Å². The van der Waals surface area contributed by atoms with Crippen LogP contribution in [0.15, 0.2) is 24.5 Å². The van der Waals surface area contributed by atoms with Gasteiger partial charge in [-0.3, -0.25) is 15.5 Å². The molecule has 8 heteroatoms. The number of fused-ring (bicyclic) bond motifs is 1. The molecular weight excluding hydrogens is 380 g/mol. The van der Waals surface area contributed by atoms with Crippen molar-refractivity contribution in [2.45, 2.75) is 44.6 Å². The number of hydrogen-bond donors (Lipinski definition) is 2. The molecule has 0 saturated carbocycles. The minimum Gasteiger partial charge on any atom is -0.377 e. The number of ether oxygens (including phenoxy) is 1. The Morgan fingerprint density at radius 1 is 1.23 bits per heavy atom. The number of nitrogens with zero attached hydrogens (tertiary/aromatic N) is 4. The van der Waals surface area contributed by atoms with Gasteiger partial charge in [0.1, 0.15) is 0 Å². The fraction of sp³-hybridized carbons (Fsp3) is 0.591. The molecule has 5 heterocycles. The summed E-state index contributed by atoms with van der Waals surface area (Å²) in [5.41, 5.74) is 3.19. The van der Waals surface area contributed by atoms with Crippen LogP contribution in [0.5, 0.6) is 0 Å².